The predicted molar refractivity (Wildman–Crippen MR) is 80.8 cm³/mol. The van der Waals surface area contributed by atoms with Crippen LogP contribution < -0.4 is 19.7 Å². The zero-order valence-corrected chi connectivity index (χ0v) is 13.4. The predicted octanol–water partition coefficient (Wildman–Crippen LogP) is 0.348. The minimum atomic E-state index is -3.80. The van der Waals surface area contributed by atoms with E-state index in [0.29, 0.717) is 17.0 Å². The molecular formula is C15H13N3O5S. The van der Waals surface area contributed by atoms with Gasteiger partial charge in [0, 0.05) is 12.1 Å². The lowest BCUT2D eigenvalue weighted by atomic mass is 10.1. The van der Waals surface area contributed by atoms with Crippen LogP contribution in [0, 0.1) is 0 Å². The highest BCUT2D eigenvalue weighted by Crippen LogP contribution is 2.26. The standard InChI is InChI=1S/C15H13N3O5S/c1-22-12-6-2-10(3-7-12)14-15(19)23-17-18(14)11-4-8-13(9-5-11)24(16,20)21/h2-9H,1H3,(H2-,16,17,19,20,21). The van der Waals surface area contributed by atoms with Crippen LogP contribution in [-0.2, 0) is 10.0 Å². The number of nitrogens with zero attached hydrogens (tertiary/aromatic N) is 2. The lowest BCUT2D eigenvalue weighted by molar-refractivity contribution is -0.660. The molecule has 0 saturated heterocycles. The molecule has 8 nitrogen and oxygen atoms in total. The first-order valence-electron chi connectivity index (χ1n) is 6.77. The van der Waals surface area contributed by atoms with Crippen molar-refractivity contribution in [2.75, 3.05) is 7.11 Å². The van der Waals surface area contributed by atoms with Gasteiger partial charge in [-0.1, -0.05) is 0 Å². The Morgan fingerprint density at radius 2 is 1.75 bits per heavy atom. The Morgan fingerprint density at radius 3 is 2.29 bits per heavy atom. The number of nitrogens with two attached hydrogens (primary N) is 1. The second-order valence-electron chi connectivity index (χ2n) is 4.89. The maximum atomic E-state index is 12.0. The molecule has 0 amide bonds. The first-order chi connectivity index (χ1) is 11.4. The van der Waals surface area contributed by atoms with E-state index in [1.165, 1.54) is 28.9 Å². The van der Waals surface area contributed by atoms with Gasteiger partial charge in [0.1, 0.15) is 5.75 Å². The van der Waals surface area contributed by atoms with E-state index in [-0.39, 0.29) is 10.6 Å². The van der Waals surface area contributed by atoms with Crippen molar-refractivity contribution in [3.63, 3.8) is 0 Å². The van der Waals surface area contributed by atoms with Gasteiger partial charge in [0.05, 0.1) is 22.8 Å². The molecule has 0 spiro atoms. The summed E-state index contributed by atoms with van der Waals surface area (Å²) >= 11 is 0. The molecule has 1 heterocycles. The van der Waals surface area contributed by atoms with Crippen molar-refractivity contribution in [1.29, 1.82) is 0 Å². The van der Waals surface area contributed by atoms with Gasteiger partial charge < -0.3 is 14.4 Å². The first kappa shape index (κ1) is 16.0. The zero-order valence-electron chi connectivity index (χ0n) is 12.5. The van der Waals surface area contributed by atoms with E-state index in [0.717, 1.165) is 0 Å². The number of primary sulfonamides is 1. The van der Waals surface area contributed by atoms with Gasteiger partial charge in [-0.3, -0.25) is 0 Å². The van der Waals surface area contributed by atoms with Gasteiger partial charge in [0.25, 0.3) is 5.69 Å². The Labute approximate surface area is 137 Å². The Balaban J connectivity index is 2.06. The van der Waals surface area contributed by atoms with Gasteiger partial charge in [-0.05, 0) is 41.1 Å². The van der Waals surface area contributed by atoms with Gasteiger partial charge in [0.2, 0.25) is 15.7 Å². The van der Waals surface area contributed by atoms with Crippen LogP contribution in [-0.4, -0.2) is 20.8 Å². The van der Waals surface area contributed by atoms with Gasteiger partial charge >= 0.3 is 0 Å². The summed E-state index contributed by atoms with van der Waals surface area (Å²) in [5.74, 6) is 0.0300. The van der Waals surface area contributed by atoms with Crippen molar-refractivity contribution in [2.45, 2.75) is 4.90 Å². The van der Waals surface area contributed by atoms with Gasteiger partial charge in [-0.15, -0.1) is 0 Å². The Morgan fingerprint density at radius 1 is 1.12 bits per heavy atom. The van der Waals surface area contributed by atoms with Crippen LogP contribution >= 0.6 is 0 Å². The molecule has 9 heteroatoms. The largest absolute Gasteiger partial charge is 0.539 e. The third-order valence-electron chi connectivity index (χ3n) is 3.38. The van der Waals surface area contributed by atoms with E-state index < -0.39 is 16.0 Å². The monoisotopic (exact) mass is 347 g/mol. The van der Waals surface area contributed by atoms with Crippen LogP contribution in [0.15, 0.2) is 57.9 Å². The van der Waals surface area contributed by atoms with Crippen LogP contribution in [0.4, 0.5) is 0 Å². The first-order valence-corrected chi connectivity index (χ1v) is 8.31. The average molecular weight is 347 g/mol. The smallest absolute Gasteiger partial charge is 0.270 e. The summed E-state index contributed by atoms with van der Waals surface area (Å²) in [5, 5.41) is 20.8. The maximum Gasteiger partial charge on any atom is 0.270 e. The molecule has 2 N–H and O–H groups in total. The van der Waals surface area contributed by atoms with E-state index in [9.17, 15) is 13.5 Å². The normalized spacial score (nSPS) is 11.4. The van der Waals surface area contributed by atoms with E-state index in [1.54, 1.807) is 31.4 Å². The number of methoxy groups -OCH3 is 1. The minimum Gasteiger partial charge on any atom is -0.539 e. The van der Waals surface area contributed by atoms with Crippen LogP contribution in [0.2, 0.25) is 0 Å². The molecule has 24 heavy (non-hydrogen) atoms. The van der Waals surface area contributed by atoms with Crippen LogP contribution in [0.25, 0.3) is 16.9 Å². The summed E-state index contributed by atoms with van der Waals surface area (Å²) in [4.78, 5) is -0.0383. The molecule has 0 saturated carbocycles. The topological polar surface area (TPSA) is 122 Å². The fourth-order valence-corrected chi connectivity index (χ4v) is 2.71. The number of sulfonamides is 1. The number of aromatic nitrogens is 2. The highest BCUT2D eigenvalue weighted by Gasteiger charge is 2.23. The fraction of sp³-hybridized carbons (Fsp3) is 0.0667. The quantitative estimate of drug-likeness (QED) is 0.679. The van der Waals surface area contributed by atoms with E-state index in [2.05, 4.69) is 5.27 Å². The molecule has 0 bridgehead atoms. The van der Waals surface area contributed by atoms with E-state index in [1.807, 2.05) is 0 Å². The average Bonchev–Trinajstić information content (AvgIpc) is 2.96. The molecule has 124 valence electrons. The minimum absolute atomic E-state index is 0.0383. The zero-order chi connectivity index (χ0) is 17.3. The van der Waals surface area contributed by atoms with Crippen molar-refractivity contribution in [3.8, 4) is 28.6 Å². The Bertz CT molecular complexity index is 963. The molecule has 0 aliphatic heterocycles. The number of rotatable bonds is 4. The molecule has 0 atom stereocenters. The molecular weight excluding hydrogens is 334 g/mol. The summed E-state index contributed by atoms with van der Waals surface area (Å²) in [7, 11) is -2.25. The molecule has 0 unspecified atom stereocenters. The van der Waals surface area contributed by atoms with Crippen LogP contribution in [0.5, 0.6) is 11.7 Å². The third kappa shape index (κ3) is 2.94. The molecule has 3 aromatic rings. The number of ether oxygens (including phenoxy) is 1. The summed E-state index contributed by atoms with van der Waals surface area (Å²) in [6.45, 7) is 0. The molecule has 2 aromatic carbocycles. The highest BCUT2D eigenvalue weighted by molar-refractivity contribution is 7.89. The lowest BCUT2D eigenvalue weighted by Gasteiger charge is -2.02. The molecule has 0 fully saturated rings. The number of hydrogen-bond donors (Lipinski definition) is 1. The molecule has 0 aliphatic rings. The lowest BCUT2D eigenvalue weighted by Crippen LogP contribution is -2.34. The third-order valence-corrected chi connectivity index (χ3v) is 4.31. The van der Waals surface area contributed by atoms with E-state index >= 15 is 0 Å². The van der Waals surface area contributed by atoms with Gasteiger partial charge in [-0.25, -0.2) is 13.6 Å². The van der Waals surface area contributed by atoms with Crippen molar-refractivity contribution in [2.24, 2.45) is 5.14 Å². The van der Waals surface area contributed by atoms with Gasteiger partial charge in [-0.2, -0.15) is 0 Å². The summed E-state index contributed by atoms with van der Waals surface area (Å²) in [6.07, 6.45) is 0. The van der Waals surface area contributed by atoms with Crippen molar-refractivity contribution < 1.29 is 27.5 Å². The SMILES string of the molecule is COc1ccc(-c2c([O-])on[n+]2-c2ccc(S(N)(=O)=O)cc2)cc1. The summed E-state index contributed by atoms with van der Waals surface area (Å²) in [5.41, 5.74) is 1.25. The summed E-state index contributed by atoms with van der Waals surface area (Å²) in [6, 6.07) is 12.4. The van der Waals surface area contributed by atoms with Crippen LogP contribution in [0.3, 0.4) is 0 Å². The van der Waals surface area contributed by atoms with Crippen molar-refractivity contribution >= 4 is 10.0 Å². The van der Waals surface area contributed by atoms with Crippen molar-refractivity contribution in [1.82, 2.24) is 5.27 Å². The van der Waals surface area contributed by atoms with Crippen molar-refractivity contribution in [3.05, 3.63) is 48.5 Å². The fourth-order valence-electron chi connectivity index (χ4n) is 2.19. The van der Waals surface area contributed by atoms with Crippen LogP contribution in [0.1, 0.15) is 0 Å². The molecule has 0 aliphatic carbocycles. The van der Waals surface area contributed by atoms with Gasteiger partial charge in [0.15, 0.2) is 5.95 Å². The number of hydrogen-bond acceptors (Lipinski definition) is 6. The highest BCUT2D eigenvalue weighted by atomic mass is 32.2. The van der Waals surface area contributed by atoms with E-state index in [4.69, 9.17) is 14.4 Å². The summed E-state index contributed by atoms with van der Waals surface area (Å²) < 4.78 is 33.7. The molecule has 1 aromatic heterocycles. The maximum absolute atomic E-state index is 12.0. The molecule has 3 rings (SSSR count). The second-order valence-corrected chi connectivity index (χ2v) is 6.45. The molecule has 0 radical (unpaired) electrons. The second kappa shape index (κ2) is 5.95. The Kier molecular flexibility index (Phi) is 3.96. The number of benzene rings is 2. The Hall–Kier alpha value is -2.91.